The van der Waals surface area contributed by atoms with Gasteiger partial charge in [-0.25, -0.2) is 4.52 Å². The van der Waals surface area contributed by atoms with E-state index < -0.39 is 0 Å². The number of hydrogen-bond donors (Lipinski definition) is 2. The lowest BCUT2D eigenvalue weighted by atomic mass is 10.4. The van der Waals surface area contributed by atoms with Crippen LogP contribution in [0.4, 0.5) is 11.6 Å². The number of aromatic nitrogens is 3. The highest BCUT2D eigenvalue weighted by Crippen LogP contribution is 2.14. The highest BCUT2D eigenvalue weighted by Gasteiger charge is 2.04. The second kappa shape index (κ2) is 4.36. The number of fused-ring (bicyclic) bond motifs is 1. The molecule has 2 rings (SSSR count). The molecule has 3 N–H and O–H groups in total. The van der Waals surface area contributed by atoms with Crippen molar-refractivity contribution in [1.82, 2.24) is 19.5 Å². The molecule has 0 aromatic carbocycles. The first kappa shape index (κ1) is 10.7. The van der Waals surface area contributed by atoms with Crippen LogP contribution in [0.3, 0.4) is 0 Å². The van der Waals surface area contributed by atoms with Gasteiger partial charge in [-0.2, -0.15) is 4.98 Å². The van der Waals surface area contributed by atoms with Gasteiger partial charge in [0.25, 0.3) is 0 Å². The van der Waals surface area contributed by atoms with Crippen LogP contribution in [0, 0.1) is 0 Å². The summed E-state index contributed by atoms with van der Waals surface area (Å²) in [5.74, 6) is 0.293. The average molecular weight is 220 g/mol. The number of hydrogen-bond acceptors (Lipinski definition) is 5. The summed E-state index contributed by atoms with van der Waals surface area (Å²) in [6.07, 6.45) is 1.83. The van der Waals surface area contributed by atoms with Crippen molar-refractivity contribution in [1.29, 1.82) is 0 Å². The lowest BCUT2D eigenvalue weighted by molar-refractivity contribution is 0.425. The highest BCUT2D eigenvalue weighted by atomic mass is 15.3. The van der Waals surface area contributed by atoms with Gasteiger partial charge in [0.05, 0.1) is 5.69 Å². The molecule has 0 radical (unpaired) electrons. The van der Waals surface area contributed by atoms with E-state index in [1.165, 1.54) is 0 Å². The Morgan fingerprint density at radius 1 is 1.50 bits per heavy atom. The number of pyridine rings is 1. The maximum absolute atomic E-state index is 5.56. The Labute approximate surface area is 94.1 Å². The van der Waals surface area contributed by atoms with Crippen LogP contribution in [0.5, 0.6) is 0 Å². The maximum Gasteiger partial charge on any atom is 0.240 e. The molecule has 16 heavy (non-hydrogen) atoms. The molecule has 0 aliphatic rings. The largest absolute Gasteiger partial charge is 0.381 e. The third kappa shape index (κ3) is 2.22. The normalized spacial score (nSPS) is 11.2. The van der Waals surface area contributed by atoms with Crippen molar-refractivity contribution in [2.75, 3.05) is 38.2 Å². The van der Waals surface area contributed by atoms with Gasteiger partial charge in [0.2, 0.25) is 5.95 Å². The van der Waals surface area contributed by atoms with Crippen molar-refractivity contribution in [2.45, 2.75) is 0 Å². The molecule has 0 saturated heterocycles. The van der Waals surface area contributed by atoms with E-state index in [4.69, 9.17) is 5.73 Å². The summed E-state index contributed by atoms with van der Waals surface area (Å²) in [4.78, 5) is 6.28. The summed E-state index contributed by atoms with van der Waals surface area (Å²) >= 11 is 0. The molecule has 86 valence electrons. The van der Waals surface area contributed by atoms with E-state index in [1.54, 1.807) is 4.52 Å². The Morgan fingerprint density at radius 2 is 2.31 bits per heavy atom. The number of rotatable bonds is 4. The molecule has 6 nitrogen and oxygen atoms in total. The van der Waals surface area contributed by atoms with E-state index in [9.17, 15) is 0 Å². The van der Waals surface area contributed by atoms with Crippen LogP contribution in [0.15, 0.2) is 18.3 Å². The fourth-order valence-corrected chi connectivity index (χ4v) is 1.47. The van der Waals surface area contributed by atoms with Crippen LogP contribution < -0.4 is 11.1 Å². The topological polar surface area (TPSA) is 71.5 Å². The Morgan fingerprint density at radius 3 is 3.06 bits per heavy atom. The molecule has 0 unspecified atom stereocenters. The first-order chi connectivity index (χ1) is 7.66. The number of nitrogens with two attached hydrogens (primary N) is 1. The molecule has 0 aliphatic carbocycles. The molecule has 2 aromatic rings. The molecule has 2 heterocycles. The summed E-state index contributed by atoms with van der Waals surface area (Å²) in [5.41, 5.74) is 7.27. The fraction of sp³-hybridized carbons (Fsp3) is 0.400. The molecule has 0 amide bonds. The summed E-state index contributed by atoms with van der Waals surface area (Å²) in [6.45, 7) is 1.82. The van der Waals surface area contributed by atoms with Gasteiger partial charge in [-0.05, 0) is 26.2 Å². The Balaban J connectivity index is 2.17. The fourth-order valence-electron chi connectivity index (χ4n) is 1.47. The number of nitrogen functional groups attached to an aromatic ring is 1. The zero-order valence-electron chi connectivity index (χ0n) is 9.51. The third-order valence-electron chi connectivity index (χ3n) is 2.25. The van der Waals surface area contributed by atoms with E-state index in [2.05, 4.69) is 20.3 Å². The van der Waals surface area contributed by atoms with Crippen molar-refractivity contribution in [3.05, 3.63) is 18.3 Å². The van der Waals surface area contributed by atoms with Crippen LogP contribution in [0.1, 0.15) is 0 Å². The van der Waals surface area contributed by atoms with Crippen molar-refractivity contribution >= 4 is 17.3 Å². The van der Waals surface area contributed by atoms with Gasteiger partial charge in [-0.1, -0.05) is 0 Å². The highest BCUT2D eigenvalue weighted by molar-refractivity contribution is 5.67. The van der Waals surface area contributed by atoms with Crippen molar-refractivity contribution in [3.63, 3.8) is 0 Å². The van der Waals surface area contributed by atoms with Crippen LogP contribution >= 0.6 is 0 Å². The molecule has 0 aliphatic heterocycles. The summed E-state index contributed by atoms with van der Waals surface area (Å²) in [5, 5.41) is 7.36. The minimum atomic E-state index is 0.293. The first-order valence-electron chi connectivity index (χ1n) is 5.16. The molecule has 0 atom stereocenters. The summed E-state index contributed by atoms with van der Waals surface area (Å²) < 4.78 is 1.67. The predicted molar refractivity (Wildman–Crippen MR) is 64.4 cm³/mol. The lowest BCUT2D eigenvalue weighted by Crippen LogP contribution is -2.21. The minimum Gasteiger partial charge on any atom is -0.381 e. The van der Waals surface area contributed by atoms with E-state index in [0.717, 1.165) is 24.4 Å². The maximum atomic E-state index is 5.56. The third-order valence-corrected chi connectivity index (χ3v) is 2.25. The second-order valence-corrected chi connectivity index (χ2v) is 3.89. The van der Waals surface area contributed by atoms with Gasteiger partial charge in [-0.3, -0.25) is 0 Å². The monoisotopic (exact) mass is 220 g/mol. The average Bonchev–Trinajstić information content (AvgIpc) is 2.58. The number of likely N-dealkylation sites (N-methyl/N-ethyl adjacent to an activating group) is 1. The quantitative estimate of drug-likeness (QED) is 0.774. The van der Waals surface area contributed by atoms with Crippen LogP contribution in [0.2, 0.25) is 0 Å². The standard InChI is InChI=1S/C10H16N6/c1-15(2)7-5-12-8-4-3-6-16-9(8)13-10(11)14-16/h3-4,6,12H,5,7H2,1-2H3,(H2,11,14). The Bertz CT molecular complexity index is 475. The molecule has 0 saturated carbocycles. The zero-order chi connectivity index (χ0) is 11.5. The van der Waals surface area contributed by atoms with Gasteiger partial charge >= 0.3 is 0 Å². The molecule has 0 spiro atoms. The lowest BCUT2D eigenvalue weighted by Gasteiger charge is -2.11. The summed E-state index contributed by atoms with van der Waals surface area (Å²) in [6, 6.07) is 3.89. The zero-order valence-corrected chi connectivity index (χ0v) is 9.51. The van der Waals surface area contributed by atoms with Crippen molar-refractivity contribution in [2.24, 2.45) is 0 Å². The Hall–Kier alpha value is -1.82. The number of nitrogens with zero attached hydrogens (tertiary/aromatic N) is 4. The summed E-state index contributed by atoms with van der Waals surface area (Å²) in [7, 11) is 4.08. The van der Waals surface area contributed by atoms with Crippen LogP contribution in [0.25, 0.3) is 5.65 Å². The molecule has 6 heteroatoms. The molecular formula is C10H16N6. The van der Waals surface area contributed by atoms with Gasteiger partial charge in [0.15, 0.2) is 5.65 Å². The molecule has 2 aromatic heterocycles. The van der Waals surface area contributed by atoms with Crippen molar-refractivity contribution < 1.29 is 0 Å². The van der Waals surface area contributed by atoms with E-state index in [0.29, 0.717) is 5.95 Å². The van der Waals surface area contributed by atoms with Crippen LogP contribution in [-0.2, 0) is 0 Å². The van der Waals surface area contributed by atoms with Crippen molar-refractivity contribution in [3.8, 4) is 0 Å². The predicted octanol–water partition coefficient (Wildman–Crippen LogP) is 0.285. The number of nitrogens with one attached hydrogen (secondary N) is 1. The van der Waals surface area contributed by atoms with Crippen LogP contribution in [-0.4, -0.2) is 46.7 Å². The van der Waals surface area contributed by atoms with Gasteiger partial charge in [0.1, 0.15) is 0 Å². The number of anilines is 2. The SMILES string of the molecule is CN(C)CCNc1cccn2nc(N)nc12. The van der Waals surface area contributed by atoms with Gasteiger partial charge in [0, 0.05) is 19.3 Å². The second-order valence-electron chi connectivity index (χ2n) is 3.89. The first-order valence-corrected chi connectivity index (χ1v) is 5.16. The molecule has 0 bridgehead atoms. The minimum absolute atomic E-state index is 0.293. The molecular weight excluding hydrogens is 204 g/mol. The van der Waals surface area contributed by atoms with E-state index >= 15 is 0 Å². The van der Waals surface area contributed by atoms with Gasteiger partial charge < -0.3 is 16.0 Å². The van der Waals surface area contributed by atoms with Gasteiger partial charge in [-0.15, -0.1) is 5.10 Å². The Kier molecular flexibility index (Phi) is 2.91. The molecule has 0 fully saturated rings. The van der Waals surface area contributed by atoms with E-state index in [-0.39, 0.29) is 0 Å². The van der Waals surface area contributed by atoms with E-state index in [1.807, 2.05) is 32.4 Å². The smallest absolute Gasteiger partial charge is 0.240 e.